The van der Waals surface area contributed by atoms with Crippen molar-refractivity contribution in [1.82, 2.24) is 5.32 Å². The lowest BCUT2D eigenvalue weighted by molar-refractivity contribution is -0.117. The molecule has 2 rings (SSSR count). The van der Waals surface area contributed by atoms with E-state index < -0.39 is 6.04 Å². The Morgan fingerprint density at radius 3 is 2.33 bits per heavy atom. The fourth-order valence-corrected chi connectivity index (χ4v) is 2.51. The molecule has 0 heterocycles. The number of rotatable bonds is 8. The average Bonchev–Trinajstić information content (AvgIpc) is 2.68. The summed E-state index contributed by atoms with van der Waals surface area (Å²) in [6, 6.07) is 9.09. The summed E-state index contributed by atoms with van der Waals surface area (Å²) in [5, 5.41) is 31.5. The van der Waals surface area contributed by atoms with Crippen LogP contribution in [0.5, 0.6) is 23.0 Å². The smallest absolute Gasteiger partial charge is 0.244 e. The molecule has 0 aromatic heterocycles. The summed E-state index contributed by atoms with van der Waals surface area (Å²) in [5.74, 6) is 0.317. The number of nitrogens with one attached hydrogen (secondary N) is 1. The predicted octanol–water partition coefficient (Wildman–Crippen LogP) is 1.85. The van der Waals surface area contributed by atoms with Crippen molar-refractivity contribution in [2.24, 2.45) is 0 Å². The van der Waals surface area contributed by atoms with E-state index in [0.29, 0.717) is 23.5 Å². The molecule has 1 unspecified atom stereocenters. The van der Waals surface area contributed by atoms with Crippen LogP contribution in [0.4, 0.5) is 0 Å². The van der Waals surface area contributed by atoms with Gasteiger partial charge in [-0.05, 0) is 47.9 Å². The van der Waals surface area contributed by atoms with Crippen LogP contribution in [0.3, 0.4) is 0 Å². The Morgan fingerprint density at radius 1 is 1.07 bits per heavy atom. The van der Waals surface area contributed by atoms with Crippen LogP contribution in [0.25, 0.3) is 6.08 Å². The number of aromatic hydroxyl groups is 2. The zero-order valence-electron chi connectivity index (χ0n) is 15.2. The van der Waals surface area contributed by atoms with Gasteiger partial charge in [-0.25, -0.2) is 0 Å². The van der Waals surface area contributed by atoms with E-state index >= 15 is 0 Å². The van der Waals surface area contributed by atoms with Crippen LogP contribution >= 0.6 is 0 Å². The highest BCUT2D eigenvalue weighted by Gasteiger charge is 2.12. The normalized spacial score (nSPS) is 12.0. The third-order valence-corrected chi connectivity index (χ3v) is 3.92. The second-order valence-electron chi connectivity index (χ2n) is 5.86. The number of methoxy groups -OCH3 is 2. The minimum absolute atomic E-state index is 0.0174. The Kier molecular flexibility index (Phi) is 7.08. The maximum absolute atomic E-state index is 12.1. The van der Waals surface area contributed by atoms with E-state index in [-0.39, 0.29) is 24.0 Å². The topological polar surface area (TPSA) is 108 Å². The standard InChI is InChI=1S/C20H23NO6/c1-26-18-10-13(3-6-16(18)23)5-8-20(25)21-15(12-22)9-14-4-7-17(24)19(11-14)27-2/h3-8,10-11,15,22-24H,9,12H2,1-2H3,(H,21,25). The van der Waals surface area contributed by atoms with Crippen molar-refractivity contribution < 1.29 is 29.6 Å². The molecule has 1 atom stereocenters. The van der Waals surface area contributed by atoms with E-state index in [2.05, 4.69) is 5.32 Å². The summed E-state index contributed by atoms with van der Waals surface area (Å²) in [6.07, 6.45) is 3.29. The van der Waals surface area contributed by atoms with Gasteiger partial charge in [0.25, 0.3) is 0 Å². The van der Waals surface area contributed by atoms with Gasteiger partial charge in [0.1, 0.15) is 0 Å². The van der Waals surface area contributed by atoms with Gasteiger partial charge >= 0.3 is 0 Å². The summed E-state index contributed by atoms with van der Waals surface area (Å²) < 4.78 is 10.1. The van der Waals surface area contributed by atoms with Gasteiger partial charge in [-0.2, -0.15) is 0 Å². The van der Waals surface area contributed by atoms with E-state index in [4.69, 9.17) is 9.47 Å². The highest BCUT2D eigenvalue weighted by Crippen LogP contribution is 2.27. The van der Waals surface area contributed by atoms with Crippen LogP contribution in [-0.2, 0) is 11.2 Å². The molecule has 0 radical (unpaired) electrons. The first-order valence-electron chi connectivity index (χ1n) is 8.29. The number of phenolic OH excluding ortho intramolecular Hbond substituents is 2. The highest BCUT2D eigenvalue weighted by atomic mass is 16.5. The number of benzene rings is 2. The first kappa shape index (κ1) is 20.1. The molecule has 2 aromatic carbocycles. The minimum atomic E-state index is -0.495. The Bertz CT molecular complexity index is 818. The lowest BCUT2D eigenvalue weighted by atomic mass is 10.1. The van der Waals surface area contributed by atoms with E-state index in [1.807, 2.05) is 0 Å². The number of carbonyl (C=O) groups excluding carboxylic acids is 1. The molecule has 0 fully saturated rings. The number of hydrogen-bond acceptors (Lipinski definition) is 6. The SMILES string of the molecule is COc1cc(C=CC(=O)NC(CO)Cc2ccc(O)c(OC)c2)ccc1O. The third kappa shape index (κ3) is 5.65. The second kappa shape index (κ2) is 9.49. The van der Waals surface area contributed by atoms with Crippen molar-refractivity contribution in [1.29, 1.82) is 0 Å². The van der Waals surface area contributed by atoms with E-state index in [1.54, 1.807) is 30.3 Å². The van der Waals surface area contributed by atoms with Crippen LogP contribution in [0.2, 0.25) is 0 Å². The molecule has 0 saturated heterocycles. The van der Waals surface area contributed by atoms with Crippen molar-refractivity contribution >= 4 is 12.0 Å². The van der Waals surface area contributed by atoms with Gasteiger partial charge < -0.3 is 30.1 Å². The van der Waals surface area contributed by atoms with E-state index in [0.717, 1.165) is 5.56 Å². The van der Waals surface area contributed by atoms with Gasteiger partial charge in [0.15, 0.2) is 23.0 Å². The fraction of sp³-hybridized carbons (Fsp3) is 0.250. The molecule has 0 aliphatic heterocycles. The summed E-state index contributed by atoms with van der Waals surface area (Å²) in [6.45, 7) is -0.240. The predicted molar refractivity (Wildman–Crippen MR) is 101 cm³/mol. The van der Waals surface area contributed by atoms with Crippen molar-refractivity contribution in [3.63, 3.8) is 0 Å². The Labute approximate surface area is 157 Å². The summed E-state index contributed by atoms with van der Waals surface area (Å²) >= 11 is 0. The molecule has 0 saturated carbocycles. The highest BCUT2D eigenvalue weighted by molar-refractivity contribution is 5.92. The largest absolute Gasteiger partial charge is 0.504 e. The zero-order chi connectivity index (χ0) is 19.8. The zero-order valence-corrected chi connectivity index (χ0v) is 15.2. The molecular formula is C20H23NO6. The molecule has 1 amide bonds. The number of aliphatic hydroxyl groups excluding tert-OH is 1. The molecule has 7 nitrogen and oxygen atoms in total. The Hall–Kier alpha value is -3.19. The molecule has 0 aliphatic rings. The fourth-order valence-electron chi connectivity index (χ4n) is 2.51. The number of hydrogen-bond donors (Lipinski definition) is 4. The van der Waals surface area contributed by atoms with Crippen LogP contribution in [0.1, 0.15) is 11.1 Å². The number of ether oxygens (including phenoxy) is 2. The maximum atomic E-state index is 12.1. The lowest BCUT2D eigenvalue weighted by Crippen LogP contribution is -2.38. The van der Waals surface area contributed by atoms with Crippen molar-refractivity contribution in [3.8, 4) is 23.0 Å². The van der Waals surface area contributed by atoms with Gasteiger partial charge in [0, 0.05) is 6.08 Å². The van der Waals surface area contributed by atoms with Crippen LogP contribution in [-0.4, -0.2) is 48.1 Å². The van der Waals surface area contributed by atoms with Crippen molar-refractivity contribution in [2.75, 3.05) is 20.8 Å². The molecule has 7 heteroatoms. The number of carbonyl (C=O) groups is 1. The van der Waals surface area contributed by atoms with Crippen LogP contribution in [0, 0.1) is 0 Å². The molecule has 0 bridgehead atoms. The quantitative estimate of drug-likeness (QED) is 0.526. The first-order chi connectivity index (χ1) is 13.0. The van der Waals surface area contributed by atoms with Crippen molar-refractivity contribution in [3.05, 3.63) is 53.6 Å². The van der Waals surface area contributed by atoms with E-state index in [9.17, 15) is 20.1 Å². The second-order valence-corrected chi connectivity index (χ2v) is 5.86. The maximum Gasteiger partial charge on any atom is 0.244 e. The molecule has 4 N–H and O–H groups in total. The Morgan fingerprint density at radius 2 is 1.70 bits per heavy atom. The molecule has 0 aliphatic carbocycles. The molecule has 0 spiro atoms. The summed E-state index contributed by atoms with van der Waals surface area (Å²) in [5.41, 5.74) is 1.49. The minimum Gasteiger partial charge on any atom is -0.504 e. The molecule has 144 valence electrons. The van der Waals surface area contributed by atoms with E-state index in [1.165, 1.54) is 32.4 Å². The molecular weight excluding hydrogens is 350 g/mol. The number of phenols is 2. The van der Waals surface area contributed by atoms with Crippen LogP contribution in [0.15, 0.2) is 42.5 Å². The number of aliphatic hydroxyl groups is 1. The third-order valence-electron chi connectivity index (χ3n) is 3.92. The van der Waals surface area contributed by atoms with Crippen LogP contribution < -0.4 is 14.8 Å². The lowest BCUT2D eigenvalue weighted by Gasteiger charge is -2.16. The van der Waals surface area contributed by atoms with Gasteiger partial charge in [-0.3, -0.25) is 4.79 Å². The monoisotopic (exact) mass is 373 g/mol. The summed E-state index contributed by atoms with van der Waals surface area (Å²) in [7, 11) is 2.90. The Balaban J connectivity index is 2.00. The first-order valence-corrected chi connectivity index (χ1v) is 8.29. The molecule has 27 heavy (non-hydrogen) atoms. The van der Waals surface area contributed by atoms with Crippen molar-refractivity contribution in [2.45, 2.75) is 12.5 Å². The van der Waals surface area contributed by atoms with Gasteiger partial charge in [0.2, 0.25) is 5.91 Å². The average molecular weight is 373 g/mol. The van der Waals surface area contributed by atoms with Gasteiger partial charge in [-0.15, -0.1) is 0 Å². The van der Waals surface area contributed by atoms with Gasteiger partial charge in [0.05, 0.1) is 26.9 Å². The number of amides is 1. The summed E-state index contributed by atoms with van der Waals surface area (Å²) in [4.78, 5) is 12.1. The van der Waals surface area contributed by atoms with Gasteiger partial charge in [-0.1, -0.05) is 12.1 Å². The molecule has 2 aromatic rings.